The molecule has 1 N–H and O–H groups in total. The molecule has 2 aromatic rings. The summed E-state index contributed by atoms with van der Waals surface area (Å²) in [5, 5.41) is 3.82. The zero-order chi connectivity index (χ0) is 13.0. The van der Waals surface area contributed by atoms with Crippen molar-refractivity contribution in [2.75, 3.05) is 12.4 Å². The average molecular weight is 266 g/mol. The van der Waals surface area contributed by atoms with Crippen molar-refractivity contribution in [1.82, 2.24) is 0 Å². The van der Waals surface area contributed by atoms with Crippen molar-refractivity contribution >= 4 is 17.3 Å². The third-order valence-electron chi connectivity index (χ3n) is 2.61. The molecule has 2 nitrogen and oxygen atoms in total. The highest BCUT2D eigenvalue weighted by atomic mass is 35.5. The molecule has 0 unspecified atom stereocenters. The number of anilines is 1. The van der Waals surface area contributed by atoms with Crippen LogP contribution < -0.4 is 10.1 Å². The summed E-state index contributed by atoms with van der Waals surface area (Å²) < 4.78 is 18.0. The molecule has 0 spiro atoms. The molecular weight excluding hydrogens is 253 g/mol. The Kier molecular flexibility index (Phi) is 4.05. The minimum absolute atomic E-state index is 0.254. The van der Waals surface area contributed by atoms with Gasteiger partial charge in [0.2, 0.25) is 0 Å². The van der Waals surface area contributed by atoms with Gasteiger partial charge in [0, 0.05) is 22.8 Å². The second-order valence-corrected chi connectivity index (χ2v) is 4.19. The molecule has 0 aliphatic heterocycles. The number of nitrogens with one attached hydrogen (secondary N) is 1. The fraction of sp³-hybridized carbons (Fsp3) is 0.143. The van der Waals surface area contributed by atoms with Crippen LogP contribution >= 0.6 is 11.6 Å². The maximum Gasteiger partial charge on any atom is 0.125 e. The van der Waals surface area contributed by atoms with E-state index in [2.05, 4.69) is 5.32 Å². The molecule has 0 amide bonds. The zero-order valence-electron chi connectivity index (χ0n) is 9.91. The molecule has 2 aromatic carbocycles. The Morgan fingerprint density at radius 1 is 1.17 bits per heavy atom. The largest absolute Gasteiger partial charge is 0.496 e. The van der Waals surface area contributed by atoms with Crippen LogP contribution in [0.25, 0.3) is 0 Å². The highest BCUT2D eigenvalue weighted by Gasteiger charge is 2.07. The standard InChI is InChI=1S/C14H13ClFNO/c1-18-14-4-2-3-13(15)12(14)9-17-11-7-5-10(16)6-8-11/h2-8,17H,9H2,1H3. The van der Waals surface area contributed by atoms with E-state index in [-0.39, 0.29) is 5.82 Å². The van der Waals surface area contributed by atoms with Crippen molar-refractivity contribution in [2.24, 2.45) is 0 Å². The van der Waals surface area contributed by atoms with Gasteiger partial charge >= 0.3 is 0 Å². The first kappa shape index (κ1) is 12.7. The van der Waals surface area contributed by atoms with Gasteiger partial charge in [-0.25, -0.2) is 4.39 Å². The summed E-state index contributed by atoms with van der Waals surface area (Å²) in [6, 6.07) is 11.7. The lowest BCUT2D eigenvalue weighted by Gasteiger charge is -2.12. The Morgan fingerprint density at radius 2 is 1.89 bits per heavy atom. The highest BCUT2D eigenvalue weighted by Crippen LogP contribution is 2.27. The van der Waals surface area contributed by atoms with Crippen molar-refractivity contribution in [3.8, 4) is 5.75 Å². The van der Waals surface area contributed by atoms with Crippen LogP contribution in [0.1, 0.15) is 5.56 Å². The molecule has 0 atom stereocenters. The van der Waals surface area contributed by atoms with E-state index in [0.717, 1.165) is 17.0 Å². The van der Waals surface area contributed by atoms with Gasteiger partial charge in [-0.15, -0.1) is 0 Å². The van der Waals surface area contributed by atoms with Crippen molar-refractivity contribution in [3.63, 3.8) is 0 Å². The molecule has 18 heavy (non-hydrogen) atoms. The minimum atomic E-state index is -0.254. The maximum atomic E-state index is 12.8. The second-order valence-electron chi connectivity index (χ2n) is 3.78. The van der Waals surface area contributed by atoms with Gasteiger partial charge in [0.1, 0.15) is 11.6 Å². The second kappa shape index (κ2) is 5.74. The minimum Gasteiger partial charge on any atom is -0.496 e. The molecule has 4 heteroatoms. The average Bonchev–Trinajstić information content (AvgIpc) is 2.39. The molecule has 0 aromatic heterocycles. The van der Waals surface area contributed by atoms with Gasteiger partial charge in [-0.2, -0.15) is 0 Å². The van der Waals surface area contributed by atoms with Crippen molar-refractivity contribution < 1.29 is 9.13 Å². The smallest absolute Gasteiger partial charge is 0.125 e. The van der Waals surface area contributed by atoms with Crippen LogP contribution in [0.5, 0.6) is 5.75 Å². The molecule has 0 saturated heterocycles. The number of benzene rings is 2. The van der Waals surface area contributed by atoms with Gasteiger partial charge in [0.05, 0.1) is 7.11 Å². The van der Waals surface area contributed by atoms with E-state index in [1.165, 1.54) is 12.1 Å². The first-order valence-electron chi connectivity index (χ1n) is 5.51. The van der Waals surface area contributed by atoms with Gasteiger partial charge in [-0.05, 0) is 36.4 Å². The molecule has 2 rings (SSSR count). The van der Waals surface area contributed by atoms with E-state index in [4.69, 9.17) is 16.3 Å². The van der Waals surface area contributed by atoms with Crippen LogP contribution in [0, 0.1) is 5.82 Å². The van der Waals surface area contributed by atoms with Crippen LogP contribution in [0.4, 0.5) is 10.1 Å². The van der Waals surface area contributed by atoms with Crippen molar-refractivity contribution in [3.05, 3.63) is 58.9 Å². The van der Waals surface area contributed by atoms with E-state index < -0.39 is 0 Å². The number of hydrogen-bond donors (Lipinski definition) is 1. The van der Waals surface area contributed by atoms with E-state index in [1.54, 1.807) is 19.2 Å². The molecule has 94 valence electrons. The zero-order valence-corrected chi connectivity index (χ0v) is 10.7. The van der Waals surface area contributed by atoms with Crippen LogP contribution in [0.15, 0.2) is 42.5 Å². The van der Waals surface area contributed by atoms with E-state index >= 15 is 0 Å². The summed E-state index contributed by atoms with van der Waals surface area (Å²) in [4.78, 5) is 0. The lowest BCUT2D eigenvalue weighted by molar-refractivity contribution is 0.410. The normalized spacial score (nSPS) is 10.2. The number of ether oxygens (including phenoxy) is 1. The van der Waals surface area contributed by atoms with Gasteiger partial charge < -0.3 is 10.1 Å². The molecule has 0 saturated carbocycles. The Balaban J connectivity index is 2.12. The van der Waals surface area contributed by atoms with E-state index in [9.17, 15) is 4.39 Å². The number of hydrogen-bond acceptors (Lipinski definition) is 2. The third kappa shape index (κ3) is 2.93. The fourth-order valence-corrected chi connectivity index (χ4v) is 1.89. The molecular formula is C14H13ClFNO. The van der Waals surface area contributed by atoms with Crippen LogP contribution in [-0.4, -0.2) is 7.11 Å². The van der Waals surface area contributed by atoms with Gasteiger partial charge in [-0.3, -0.25) is 0 Å². The lowest BCUT2D eigenvalue weighted by atomic mass is 10.2. The molecule has 0 fully saturated rings. The first-order chi connectivity index (χ1) is 8.70. The fourth-order valence-electron chi connectivity index (χ4n) is 1.66. The Hall–Kier alpha value is -1.74. The van der Waals surface area contributed by atoms with Crippen LogP contribution in [-0.2, 0) is 6.54 Å². The molecule has 0 heterocycles. The Bertz CT molecular complexity index is 528. The summed E-state index contributed by atoms with van der Waals surface area (Å²) in [5.74, 6) is 0.480. The van der Waals surface area contributed by atoms with E-state index in [0.29, 0.717) is 11.6 Å². The van der Waals surface area contributed by atoms with Crippen LogP contribution in [0.3, 0.4) is 0 Å². The third-order valence-corrected chi connectivity index (χ3v) is 2.96. The quantitative estimate of drug-likeness (QED) is 0.899. The van der Waals surface area contributed by atoms with Gasteiger partial charge in [0.25, 0.3) is 0 Å². The number of rotatable bonds is 4. The lowest BCUT2D eigenvalue weighted by Crippen LogP contribution is -2.02. The Labute approximate surface area is 110 Å². The number of methoxy groups -OCH3 is 1. The Morgan fingerprint density at radius 3 is 2.56 bits per heavy atom. The predicted octanol–water partition coefficient (Wildman–Crippen LogP) is 4.10. The van der Waals surface area contributed by atoms with Crippen molar-refractivity contribution in [2.45, 2.75) is 6.54 Å². The monoisotopic (exact) mass is 265 g/mol. The molecule has 0 radical (unpaired) electrons. The SMILES string of the molecule is COc1cccc(Cl)c1CNc1ccc(F)cc1. The van der Waals surface area contributed by atoms with E-state index in [1.807, 2.05) is 18.2 Å². The summed E-state index contributed by atoms with van der Waals surface area (Å²) in [7, 11) is 1.60. The molecule has 0 aliphatic carbocycles. The molecule has 0 aliphatic rings. The summed E-state index contributed by atoms with van der Waals surface area (Å²) in [6.45, 7) is 0.522. The van der Waals surface area contributed by atoms with Gasteiger partial charge in [0.15, 0.2) is 0 Å². The summed E-state index contributed by atoms with van der Waals surface area (Å²) in [5.41, 5.74) is 1.71. The van der Waals surface area contributed by atoms with Gasteiger partial charge in [-0.1, -0.05) is 17.7 Å². The van der Waals surface area contributed by atoms with Crippen LogP contribution in [0.2, 0.25) is 5.02 Å². The topological polar surface area (TPSA) is 21.3 Å². The van der Waals surface area contributed by atoms with Crippen molar-refractivity contribution in [1.29, 1.82) is 0 Å². The molecule has 0 bridgehead atoms. The highest BCUT2D eigenvalue weighted by molar-refractivity contribution is 6.31. The number of halogens is 2. The summed E-state index contributed by atoms with van der Waals surface area (Å²) >= 11 is 6.12. The maximum absolute atomic E-state index is 12.8. The first-order valence-corrected chi connectivity index (χ1v) is 5.89. The summed E-state index contributed by atoms with van der Waals surface area (Å²) in [6.07, 6.45) is 0. The predicted molar refractivity (Wildman–Crippen MR) is 71.7 cm³/mol.